The molecular weight excluding hydrogens is 529 g/mol. The average molecular weight is 560 g/mol. The Balaban J connectivity index is 1.67. The Bertz CT molecular complexity index is 1810. The summed E-state index contributed by atoms with van der Waals surface area (Å²) < 4.78 is 28.5. The minimum atomic E-state index is -0.706. The highest BCUT2D eigenvalue weighted by atomic mass is 32.1. The molecular formula is C31H30FN3O4S. The second-order valence-electron chi connectivity index (χ2n) is 9.95. The van der Waals surface area contributed by atoms with Gasteiger partial charge in [0.25, 0.3) is 5.56 Å². The Morgan fingerprint density at radius 1 is 1.07 bits per heavy atom. The van der Waals surface area contributed by atoms with Gasteiger partial charge in [-0.2, -0.15) is 0 Å². The van der Waals surface area contributed by atoms with Crippen molar-refractivity contribution in [3.05, 3.63) is 114 Å². The van der Waals surface area contributed by atoms with Crippen LogP contribution in [-0.4, -0.2) is 28.3 Å². The van der Waals surface area contributed by atoms with Crippen LogP contribution in [0.3, 0.4) is 0 Å². The Labute approximate surface area is 235 Å². The molecule has 0 fully saturated rings. The molecule has 7 nitrogen and oxygen atoms in total. The third-order valence-electron chi connectivity index (χ3n) is 6.86. The van der Waals surface area contributed by atoms with Crippen molar-refractivity contribution in [2.75, 3.05) is 7.11 Å². The summed E-state index contributed by atoms with van der Waals surface area (Å²) >= 11 is 1.27. The lowest BCUT2D eigenvalue weighted by Crippen LogP contribution is -2.40. The summed E-state index contributed by atoms with van der Waals surface area (Å²) in [6.45, 7) is 9.26. The van der Waals surface area contributed by atoms with Crippen molar-refractivity contribution >= 4 is 23.4 Å². The maximum Gasteiger partial charge on any atom is 0.338 e. The molecule has 5 rings (SSSR count). The van der Waals surface area contributed by atoms with Gasteiger partial charge in [-0.15, -0.1) is 0 Å². The number of fused-ring (bicyclic) bond motifs is 1. The van der Waals surface area contributed by atoms with Crippen molar-refractivity contribution in [1.82, 2.24) is 9.13 Å². The number of rotatable bonds is 6. The zero-order valence-electron chi connectivity index (χ0n) is 23.2. The van der Waals surface area contributed by atoms with Gasteiger partial charge in [-0.1, -0.05) is 23.5 Å². The SMILES string of the molecule is COc1ccc([C@H]2C(C(=O)OC(C)C)=C(C)N=c3s/c(=C\c4cc(C)n(-c5ccc(F)cc5)c4C)c(=O)n32)cc1. The predicted octanol–water partition coefficient (Wildman–Crippen LogP) is 4.74. The fraction of sp³-hybridized carbons (Fsp3) is 0.258. The molecule has 0 saturated carbocycles. The highest BCUT2D eigenvalue weighted by Crippen LogP contribution is 2.32. The lowest BCUT2D eigenvalue weighted by molar-refractivity contribution is -0.143. The van der Waals surface area contributed by atoms with Gasteiger partial charge in [-0.05, 0) is 94.3 Å². The van der Waals surface area contributed by atoms with Crippen molar-refractivity contribution in [1.29, 1.82) is 0 Å². The number of benzene rings is 2. The zero-order chi connectivity index (χ0) is 28.7. The van der Waals surface area contributed by atoms with Crippen LogP contribution in [0.1, 0.15) is 49.3 Å². The molecule has 2 aromatic carbocycles. The van der Waals surface area contributed by atoms with Gasteiger partial charge in [-0.25, -0.2) is 14.2 Å². The lowest BCUT2D eigenvalue weighted by Gasteiger charge is -2.25. The largest absolute Gasteiger partial charge is 0.497 e. The number of nitrogens with zero attached hydrogens (tertiary/aromatic N) is 3. The molecule has 0 amide bonds. The smallest absolute Gasteiger partial charge is 0.338 e. The third kappa shape index (κ3) is 4.93. The highest BCUT2D eigenvalue weighted by Gasteiger charge is 2.33. The number of allylic oxidation sites excluding steroid dienone is 1. The zero-order valence-corrected chi connectivity index (χ0v) is 24.0. The van der Waals surface area contributed by atoms with Crippen molar-refractivity contribution in [3.8, 4) is 11.4 Å². The normalized spacial score (nSPS) is 15.3. The van der Waals surface area contributed by atoms with E-state index in [2.05, 4.69) is 4.99 Å². The standard InChI is InChI=1S/C31H30FN3O4S/c1-17(2)39-30(37)27-19(4)33-31-35(28(27)21-7-13-25(38-6)14-8-21)29(36)26(40-31)16-22-15-18(3)34(20(22)5)24-11-9-23(32)10-12-24/h7-17,28H,1-6H3/b26-16-/t28-/m0/s1. The van der Waals surface area contributed by atoms with Gasteiger partial charge in [0.15, 0.2) is 4.80 Å². The number of halogens is 1. The lowest BCUT2D eigenvalue weighted by atomic mass is 9.96. The number of carbonyl (C=O) groups is 1. The molecule has 0 unspecified atom stereocenters. The average Bonchev–Trinajstić information content (AvgIpc) is 3.37. The second kappa shape index (κ2) is 10.7. The van der Waals surface area contributed by atoms with E-state index in [4.69, 9.17) is 9.47 Å². The summed E-state index contributed by atoms with van der Waals surface area (Å²) in [5.74, 6) is -0.139. The van der Waals surface area contributed by atoms with Gasteiger partial charge >= 0.3 is 5.97 Å². The van der Waals surface area contributed by atoms with E-state index >= 15 is 0 Å². The minimum Gasteiger partial charge on any atom is -0.497 e. The summed E-state index contributed by atoms with van der Waals surface area (Å²) in [6, 6.07) is 14.9. The van der Waals surface area contributed by atoms with Crippen LogP contribution in [0, 0.1) is 19.7 Å². The first-order valence-corrected chi connectivity index (χ1v) is 13.7. The molecule has 9 heteroatoms. The molecule has 0 bridgehead atoms. The Kier molecular flexibility index (Phi) is 7.33. The molecule has 1 atom stereocenters. The van der Waals surface area contributed by atoms with Crippen molar-refractivity contribution in [3.63, 3.8) is 0 Å². The molecule has 2 aromatic heterocycles. The molecule has 0 radical (unpaired) electrons. The molecule has 206 valence electrons. The Hall–Kier alpha value is -4.24. The fourth-order valence-corrected chi connectivity index (χ4v) is 6.06. The molecule has 40 heavy (non-hydrogen) atoms. The highest BCUT2D eigenvalue weighted by molar-refractivity contribution is 7.07. The van der Waals surface area contributed by atoms with Gasteiger partial charge < -0.3 is 14.0 Å². The van der Waals surface area contributed by atoms with Crippen LogP contribution in [-0.2, 0) is 9.53 Å². The first-order chi connectivity index (χ1) is 19.1. The number of hydrogen-bond donors (Lipinski definition) is 0. The monoisotopic (exact) mass is 559 g/mol. The van der Waals surface area contributed by atoms with Gasteiger partial charge in [0.2, 0.25) is 0 Å². The van der Waals surface area contributed by atoms with Crippen LogP contribution in [0.5, 0.6) is 5.75 Å². The summed E-state index contributed by atoms with van der Waals surface area (Å²) in [6.07, 6.45) is 1.52. The topological polar surface area (TPSA) is 74.8 Å². The quantitative estimate of drug-likeness (QED) is 0.320. The fourth-order valence-electron chi connectivity index (χ4n) is 5.02. The maximum absolute atomic E-state index is 14.0. The van der Waals surface area contributed by atoms with Crippen LogP contribution in [0.2, 0.25) is 0 Å². The minimum absolute atomic E-state index is 0.251. The number of aryl methyl sites for hydroxylation is 1. The van der Waals surface area contributed by atoms with E-state index in [9.17, 15) is 14.0 Å². The van der Waals surface area contributed by atoms with E-state index in [0.717, 1.165) is 28.2 Å². The van der Waals surface area contributed by atoms with Crippen molar-refractivity contribution < 1.29 is 18.7 Å². The van der Waals surface area contributed by atoms with E-state index in [0.29, 0.717) is 26.4 Å². The Morgan fingerprint density at radius 3 is 2.38 bits per heavy atom. The number of hydrogen-bond acceptors (Lipinski definition) is 6. The van der Waals surface area contributed by atoms with Gasteiger partial charge in [0, 0.05) is 17.1 Å². The van der Waals surface area contributed by atoms with Crippen LogP contribution in [0.15, 0.2) is 75.7 Å². The maximum atomic E-state index is 14.0. The van der Waals surface area contributed by atoms with Gasteiger partial charge in [0.05, 0.1) is 35.1 Å². The van der Waals surface area contributed by atoms with E-state index in [1.165, 1.54) is 23.5 Å². The molecule has 4 aromatic rings. The number of thiazole rings is 1. The number of methoxy groups -OCH3 is 1. The van der Waals surface area contributed by atoms with E-state index in [-0.39, 0.29) is 17.5 Å². The molecule has 0 N–H and O–H groups in total. The first kappa shape index (κ1) is 27.3. The molecule has 0 spiro atoms. The van der Waals surface area contributed by atoms with Crippen LogP contribution in [0.25, 0.3) is 11.8 Å². The second-order valence-corrected chi connectivity index (χ2v) is 11.0. The Morgan fingerprint density at radius 2 is 1.75 bits per heavy atom. The van der Waals surface area contributed by atoms with Crippen molar-refractivity contribution in [2.24, 2.45) is 4.99 Å². The molecule has 3 heterocycles. The van der Waals surface area contributed by atoms with E-state index in [1.54, 1.807) is 56.7 Å². The molecule has 1 aliphatic heterocycles. The third-order valence-corrected chi connectivity index (χ3v) is 7.84. The molecule has 0 saturated heterocycles. The van der Waals surface area contributed by atoms with Crippen molar-refractivity contribution in [2.45, 2.75) is 46.8 Å². The number of aromatic nitrogens is 2. The van der Waals surface area contributed by atoms with Crippen LogP contribution in [0.4, 0.5) is 4.39 Å². The predicted molar refractivity (Wildman–Crippen MR) is 153 cm³/mol. The van der Waals surface area contributed by atoms with Crippen LogP contribution >= 0.6 is 11.3 Å². The summed E-state index contributed by atoms with van der Waals surface area (Å²) in [4.78, 5) is 32.4. The van der Waals surface area contributed by atoms with Crippen LogP contribution < -0.4 is 19.6 Å². The molecule has 0 aliphatic carbocycles. The van der Waals surface area contributed by atoms with Gasteiger partial charge in [-0.3, -0.25) is 9.36 Å². The van der Waals surface area contributed by atoms with E-state index in [1.807, 2.05) is 42.7 Å². The summed E-state index contributed by atoms with van der Waals surface area (Å²) in [5, 5.41) is 0. The first-order valence-electron chi connectivity index (χ1n) is 12.9. The number of carbonyl (C=O) groups excluding carboxylic acids is 1. The van der Waals surface area contributed by atoms with Gasteiger partial charge in [0.1, 0.15) is 11.6 Å². The number of ether oxygens (including phenoxy) is 2. The van der Waals surface area contributed by atoms with E-state index < -0.39 is 12.0 Å². The summed E-state index contributed by atoms with van der Waals surface area (Å²) in [5.41, 5.74) is 4.89. The number of esters is 1. The summed E-state index contributed by atoms with van der Waals surface area (Å²) in [7, 11) is 1.58. The molecule has 1 aliphatic rings.